The molecule has 1 aromatic heterocycles. The minimum atomic E-state index is -0.428. The van der Waals surface area contributed by atoms with Crippen molar-refractivity contribution < 1.29 is 5.11 Å². The van der Waals surface area contributed by atoms with Crippen LogP contribution in [-0.4, -0.2) is 14.7 Å². The fraction of sp³-hybridized carbons (Fsp3) is 0.333. The Labute approximate surface area is 94.6 Å². The number of nitrogens with zero attached hydrogens (tertiary/aromatic N) is 2. The molecule has 0 aromatic carbocycles. The van der Waals surface area contributed by atoms with Crippen LogP contribution in [0.1, 0.15) is 25.4 Å². The van der Waals surface area contributed by atoms with Gasteiger partial charge in [-0.3, -0.25) is 9.36 Å². The van der Waals surface area contributed by atoms with Crippen molar-refractivity contribution in [3.8, 4) is 5.75 Å². The Morgan fingerprint density at radius 1 is 1.62 bits per heavy atom. The molecule has 0 fully saturated rings. The van der Waals surface area contributed by atoms with Gasteiger partial charge >= 0.3 is 0 Å². The van der Waals surface area contributed by atoms with E-state index in [-0.39, 0.29) is 5.75 Å². The zero-order chi connectivity index (χ0) is 12.3. The molecule has 86 valence electrons. The second kappa shape index (κ2) is 4.79. The predicted octanol–water partition coefficient (Wildman–Crippen LogP) is 1.64. The van der Waals surface area contributed by atoms with E-state index in [4.69, 9.17) is 0 Å². The third-order valence-electron chi connectivity index (χ3n) is 2.46. The highest BCUT2D eigenvalue weighted by Crippen LogP contribution is 2.16. The second-order valence-electron chi connectivity index (χ2n) is 3.40. The van der Waals surface area contributed by atoms with Gasteiger partial charge in [-0.05, 0) is 13.3 Å². The smallest absolute Gasteiger partial charge is 0.295 e. The molecular weight excluding hydrogens is 204 g/mol. The molecule has 0 unspecified atom stereocenters. The molecule has 1 N–H and O–H groups in total. The van der Waals surface area contributed by atoms with Crippen LogP contribution in [0.2, 0.25) is 0 Å². The van der Waals surface area contributed by atoms with Crippen molar-refractivity contribution in [2.24, 2.45) is 7.05 Å². The van der Waals surface area contributed by atoms with Gasteiger partial charge in [0.25, 0.3) is 5.56 Å². The fourth-order valence-corrected chi connectivity index (χ4v) is 1.48. The van der Waals surface area contributed by atoms with Crippen LogP contribution in [0.3, 0.4) is 0 Å². The molecule has 0 spiro atoms. The topological polar surface area (TPSA) is 55.1 Å². The summed E-state index contributed by atoms with van der Waals surface area (Å²) in [5, 5.41) is 9.59. The quantitative estimate of drug-likeness (QED) is 0.788. The van der Waals surface area contributed by atoms with Crippen molar-refractivity contribution in [2.45, 2.75) is 20.3 Å². The van der Waals surface area contributed by atoms with Crippen LogP contribution in [0, 0.1) is 0 Å². The summed E-state index contributed by atoms with van der Waals surface area (Å²) in [6, 6.07) is 0. The lowest BCUT2D eigenvalue weighted by Crippen LogP contribution is -2.22. The number of aryl methyl sites for hydroxylation is 1. The van der Waals surface area contributed by atoms with Crippen LogP contribution >= 0.6 is 0 Å². The molecule has 16 heavy (non-hydrogen) atoms. The van der Waals surface area contributed by atoms with Crippen molar-refractivity contribution in [3.63, 3.8) is 0 Å². The number of aromatic nitrogens is 2. The lowest BCUT2D eigenvalue weighted by atomic mass is 10.2. The van der Waals surface area contributed by atoms with E-state index in [1.54, 1.807) is 13.1 Å². The number of hydrogen-bond donors (Lipinski definition) is 1. The molecule has 0 saturated heterocycles. The largest absolute Gasteiger partial charge is 0.502 e. The van der Waals surface area contributed by atoms with Crippen molar-refractivity contribution in [3.05, 3.63) is 40.6 Å². The second-order valence-corrected chi connectivity index (χ2v) is 3.40. The van der Waals surface area contributed by atoms with Crippen LogP contribution in [-0.2, 0) is 13.5 Å². The SMILES string of the molecule is C=C/C(=C\C)c1nc(CC)c(O)c(=O)n1C. The molecule has 4 heteroatoms. The number of aromatic hydroxyl groups is 1. The summed E-state index contributed by atoms with van der Waals surface area (Å²) < 4.78 is 1.32. The van der Waals surface area contributed by atoms with Crippen molar-refractivity contribution in [1.29, 1.82) is 0 Å². The molecule has 1 rings (SSSR count). The first kappa shape index (κ1) is 12.2. The lowest BCUT2D eigenvalue weighted by molar-refractivity contribution is 0.447. The molecule has 0 aliphatic carbocycles. The van der Waals surface area contributed by atoms with Gasteiger partial charge in [0.15, 0.2) is 0 Å². The molecule has 0 atom stereocenters. The summed E-state index contributed by atoms with van der Waals surface area (Å²) in [6.07, 6.45) is 3.98. The average molecular weight is 220 g/mol. The van der Waals surface area contributed by atoms with E-state index in [1.165, 1.54) is 4.57 Å². The first-order valence-corrected chi connectivity index (χ1v) is 5.14. The van der Waals surface area contributed by atoms with Gasteiger partial charge in [0.2, 0.25) is 5.75 Å². The van der Waals surface area contributed by atoms with Gasteiger partial charge in [-0.1, -0.05) is 25.7 Å². The van der Waals surface area contributed by atoms with Crippen LogP contribution in [0.5, 0.6) is 5.75 Å². The Morgan fingerprint density at radius 2 is 2.25 bits per heavy atom. The van der Waals surface area contributed by atoms with E-state index in [0.717, 1.165) is 5.57 Å². The molecule has 1 heterocycles. The highest BCUT2D eigenvalue weighted by atomic mass is 16.3. The van der Waals surface area contributed by atoms with E-state index in [9.17, 15) is 9.90 Å². The minimum Gasteiger partial charge on any atom is -0.502 e. The molecule has 0 aliphatic heterocycles. The number of rotatable bonds is 3. The molecule has 0 radical (unpaired) electrons. The maximum Gasteiger partial charge on any atom is 0.295 e. The molecule has 0 saturated carbocycles. The first-order valence-electron chi connectivity index (χ1n) is 5.14. The minimum absolute atomic E-state index is 0.270. The van der Waals surface area contributed by atoms with Crippen molar-refractivity contribution in [2.75, 3.05) is 0 Å². The molecule has 4 nitrogen and oxygen atoms in total. The van der Waals surface area contributed by atoms with Crippen LogP contribution in [0.25, 0.3) is 5.57 Å². The Kier molecular flexibility index (Phi) is 3.66. The summed E-state index contributed by atoms with van der Waals surface area (Å²) in [7, 11) is 1.58. The summed E-state index contributed by atoms with van der Waals surface area (Å²) in [5.74, 6) is 0.255. The van der Waals surface area contributed by atoms with Gasteiger partial charge in [-0.2, -0.15) is 0 Å². The van der Waals surface area contributed by atoms with Crippen LogP contribution < -0.4 is 5.56 Å². The monoisotopic (exact) mass is 220 g/mol. The van der Waals surface area contributed by atoms with E-state index in [2.05, 4.69) is 11.6 Å². The lowest BCUT2D eigenvalue weighted by Gasteiger charge is -2.10. The summed E-state index contributed by atoms with van der Waals surface area (Å²) in [5.41, 5.74) is 0.761. The molecule has 0 bridgehead atoms. The van der Waals surface area contributed by atoms with Crippen molar-refractivity contribution >= 4 is 5.57 Å². The number of hydrogen-bond acceptors (Lipinski definition) is 3. The normalized spacial score (nSPS) is 11.6. The predicted molar refractivity (Wildman–Crippen MR) is 64.4 cm³/mol. The van der Waals surface area contributed by atoms with E-state index < -0.39 is 5.56 Å². The van der Waals surface area contributed by atoms with Crippen LogP contribution in [0.4, 0.5) is 0 Å². The third kappa shape index (κ3) is 1.91. The van der Waals surface area contributed by atoms with Gasteiger partial charge < -0.3 is 5.11 Å². The molecule has 0 amide bonds. The summed E-state index contributed by atoms with van der Waals surface area (Å²) >= 11 is 0. The Balaban J connectivity index is 3.59. The first-order chi connectivity index (χ1) is 7.56. The number of allylic oxidation sites excluding steroid dienone is 3. The van der Waals surface area contributed by atoms with Gasteiger partial charge in [0.1, 0.15) is 5.82 Å². The fourth-order valence-electron chi connectivity index (χ4n) is 1.48. The molecule has 1 aromatic rings. The highest BCUT2D eigenvalue weighted by molar-refractivity contribution is 5.69. The zero-order valence-electron chi connectivity index (χ0n) is 9.82. The summed E-state index contributed by atoms with van der Waals surface area (Å²) in [6.45, 7) is 7.36. The van der Waals surface area contributed by atoms with E-state index in [0.29, 0.717) is 17.9 Å². The molecular formula is C12H16N2O2. The summed E-state index contributed by atoms with van der Waals surface area (Å²) in [4.78, 5) is 16.0. The van der Waals surface area contributed by atoms with Gasteiger partial charge in [0.05, 0.1) is 5.69 Å². The standard InChI is InChI=1S/C12H16N2O2/c1-5-8(6-2)11-13-9(7-3)10(15)12(16)14(11)4/h5-6,15H,1,7H2,2-4H3/b8-6+. The van der Waals surface area contributed by atoms with Crippen molar-refractivity contribution in [1.82, 2.24) is 9.55 Å². The zero-order valence-corrected chi connectivity index (χ0v) is 9.82. The highest BCUT2D eigenvalue weighted by Gasteiger charge is 2.13. The van der Waals surface area contributed by atoms with Gasteiger partial charge in [0, 0.05) is 12.6 Å². The molecule has 0 aliphatic rings. The third-order valence-corrected chi connectivity index (χ3v) is 2.46. The van der Waals surface area contributed by atoms with Gasteiger partial charge in [-0.15, -0.1) is 0 Å². The van der Waals surface area contributed by atoms with E-state index in [1.807, 2.05) is 19.9 Å². The van der Waals surface area contributed by atoms with Gasteiger partial charge in [-0.25, -0.2) is 4.98 Å². The van der Waals surface area contributed by atoms with E-state index >= 15 is 0 Å². The average Bonchev–Trinajstić information content (AvgIpc) is 2.30. The Morgan fingerprint density at radius 3 is 2.69 bits per heavy atom. The maximum atomic E-state index is 11.7. The van der Waals surface area contributed by atoms with Crippen LogP contribution in [0.15, 0.2) is 23.5 Å². The Hall–Kier alpha value is -1.84. The maximum absolute atomic E-state index is 11.7. The Bertz CT molecular complexity index is 498.